The number of nitrogens with zero attached hydrogens (tertiary/aromatic N) is 4. The third kappa shape index (κ3) is 5.07. The van der Waals surface area contributed by atoms with Gasteiger partial charge in [-0.05, 0) is 43.9 Å². The number of carbonyl (C=O) groups excluding carboxylic acids is 1. The molecule has 3 rings (SSSR count). The normalized spacial score (nSPS) is 14.4. The molecule has 2 aromatic rings. The molecule has 1 aromatic carbocycles. The van der Waals surface area contributed by atoms with Crippen molar-refractivity contribution in [3.8, 4) is 11.6 Å². The van der Waals surface area contributed by atoms with E-state index in [0.717, 1.165) is 5.56 Å². The Morgan fingerprint density at radius 2 is 1.90 bits per heavy atom. The van der Waals surface area contributed by atoms with Crippen LogP contribution in [0.1, 0.15) is 31.7 Å². The highest BCUT2D eigenvalue weighted by Crippen LogP contribution is 2.37. The van der Waals surface area contributed by atoms with Crippen molar-refractivity contribution in [2.24, 2.45) is 5.92 Å². The Morgan fingerprint density at radius 3 is 2.47 bits per heavy atom. The second kappa shape index (κ2) is 9.29. The molecule has 0 unspecified atom stereocenters. The van der Waals surface area contributed by atoms with Crippen molar-refractivity contribution < 1.29 is 24.4 Å². The van der Waals surface area contributed by atoms with Crippen molar-refractivity contribution in [2.75, 3.05) is 18.0 Å². The number of nitro groups is 1. The predicted octanol–water partition coefficient (Wildman–Crippen LogP) is 3.00. The van der Waals surface area contributed by atoms with Crippen molar-refractivity contribution >= 4 is 23.3 Å². The highest BCUT2D eigenvalue weighted by Gasteiger charge is 2.32. The molecule has 1 aliphatic heterocycles. The summed E-state index contributed by atoms with van der Waals surface area (Å²) in [6, 6.07) is 6.92. The van der Waals surface area contributed by atoms with Gasteiger partial charge in [0.05, 0.1) is 10.8 Å². The molecule has 0 aliphatic carbocycles. The molecule has 10 nitrogen and oxygen atoms in total. The molecule has 30 heavy (non-hydrogen) atoms. The first-order chi connectivity index (χ1) is 14.3. The number of hydrogen-bond donors (Lipinski definition) is 1. The van der Waals surface area contributed by atoms with Gasteiger partial charge in [0.25, 0.3) is 0 Å². The smallest absolute Gasteiger partial charge is 0.373 e. The lowest BCUT2D eigenvalue weighted by Gasteiger charge is -2.30. The minimum atomic E-state index is -0.859. The zero-order chi connectivity index (χ0) is 21.7. The molecule has 2 heterocycles. The topological polar surface area (TPSA) is 136 Å². The van der Waals surface area contributed by atoms with Crippen LogP contribution in [0, 0.1) is 16.0 Å². The van der Waals surface area contributed by atoms with Gasteiger partial charge in [-0.15, -0.1) is 0 Å². The highest BCUT2D eigenvalue weighted by atomic mass is 16.6. The third-order valence-electron chi connectivity index (χ3n) is 5.00. The van der Waals surface area contributed by atoms with E-state index < -0.39 is 16.8 Å². The fraction of sp³-hybridized carbons (Fsp3) is 0.400. The van der Waals surface area contributed by atoms with Crippen molar-refractivity contribution in [1.82, 2.24) is 9.97 Å². The van der Waals surface area contributed by atoms with E-state index in [2.05, 4.69) is 9.97 Å². The Bertz CT molecular complexity index is 939. The van der Waals surface area contributed by atoms with E-state index in [1.165, 1.54) is 13.3 Å². The van der Waals surface area contributed by atoms with Gasteiger partial charge in [-0.25, -0.2) is 4.98 Å². The largest absolute Gasteiger partial charge is 0.481 e. The summed E-state index contributed by atoms with van der Waals surface area (Å²) in [5.74, 6) is -0.901. The fourth-order valence-electron chi connectivity index (χ4n) is 3.31. The maximum atomic E-state index is 11.7. The van der Waals surface area contributed by atoms with Crippen LogP contribution in [-0.2, 0) is 16.0 Å². The standard InChI is InChI=1S/C20H22N4O6/c1-13(25)2-3-14-4-6-16(7-5-14)30-19-17(24(28)29)18(21-12-22-19)23-10-8-15(9-11-23)20(26)27/h4-7,12,15H,2-3,8-11H2,1H3,(H,26,27). The van der Waals surface area contributed by atoms with Crippen molar-refractivity contribution in [2.45, 2.75) is 32.6 Å². The van der Waals surface area contributed by atoms with E-state index in [9.17, 15) is 19.7 Å². The van der Waals surface area contributed by atoms with Crippen LogP contribution in [0.3, 0.4) is 0 Å². The number of aromatic nitrogens is 2. The number of ketones is 1. The Labute approximate surface area is 172 Å². The number of aryl methyl sites for hydroxylation is 1. The van der Waals surface area contributed by atoms with Crippen LogP contribution in [-0.4, -0.2) is 44.8 Å². The number of piperidine rings is 1. The second-order valence-corrected chi connectivity index (χ2v) is 7.16. The first kappa shape index (κ1) is 21.2. The number of ether oxygens (including phenoxy) is 1. The number of Topliss-reactive ketones (excluding diaryl/α,β-unsaturated/α-hetero) is 1. The summed E-state index contributed by atoms with van der Waals surface area (Å²) in [6.45, 7) is 2.23. The Morgan fingerprint density at radius 1 is 1.23 bits per heavy atom. The van der Waals surface area contributed by atoms with Gasteiger partial charge in [0.1, 0.15) is 17.9 Å². The van der Waals surface area contributed by atoms with Crippen LogP contribution < -0.4 is 9.64 Å². The molecular formula is C20H22N4O6. The summed E-state index contributed by atoms with van der Waals surface area (Å²) in [5.41, 5.74) is 0.601. The lowest BCUT2D eigenvalue weighted by atomic mass is 9.97. The first-order valence-electron chi connectivity index (χ1n) is 9.58. The molecule has 0 amide bonds. The first-order valence-corrected chi connectivity index (χ1v) is 9.58. The summed E-state index contributed by atoms with van der Waals surface area (Å²) in [5, 5.41) is 20.9. The van der Waals surface area contributed by atoms with Crippen LogP contribution in [0.5, 0.6) is 11.6 Å². The van der Waals surface area contributed by atoms with E-state index in [0.29, 0.717) is 44.5 Å². The molecule has 0 spiro atoms. The monoisotopic (exact) mass is 414 g/mol. The molecule has 1 N–H and O–H groups in total. The highest BCUT2D eigenvalue weighted by molar-refractivity contribution is 5.75. The van der Waals surface area contributed by atoms with E-state index in [-0.39, 0.29) is 23.2 Å². The van der Waals surface area contributed by atoms with Crippen LogP contribution >= 0.6 is 0 Å². The average molecular weight is 414 g/mol. The zero-order valence-electron chi connectivity index (χ0n) is 16.5. The van der Waals surface area contributed by atoms with Crippen LogP contribution in [0.4, 0.5) is 11.5 Å². The number of carboxylic acid groups (broad SMARTS) is 1. The van der Waals surface area contributed by atoms with Crippen molar-refractivity contribution in [1.29, 1.82) is 0 Å². The Balaban J connectivity index is 1.79. The van der Waals surface area contributed by atoms with E-state index in [1.807, 2.05) is 0 Å². The predicted molar refractivity (Wildman–Crippen MR) is 107 cm³/mol. The number of anilines is 1. The average Bonchev–Trinajstić information content (AvgIpc) is 2.73. The number of aliphatic carboxylic acids is 1. The van der Waals surface area contributed by atoms with Crippen LogP contribution in [0.15, 0.2) is 30.6 Å². The maximum absolute atomic E-state index is 11.7. The quantitative estimate of drug-likeness (QED) is 0.510. The SMILES string of the molecule is CC(=O)CCc1ccc(Oc2ncnc(N3CCC(C(=O)O)CC3)c2[N+](=O)[O-])cc1. The molecular weight excluding hydrogens is 392 g/mol. The molecule has 0 bridgehead atoms. The van der Waals surface area contributed by atoms with Crippen molar-refractivity contribution in [3.63, 3.8) is 0 Å². The van der Waals surface area contributed by atoms with Crippen LogP contribution in [0.2, 0.25) is 0 Å². The van der Waals surface area contributed by atoms with Gasteiger partial charge >= 0.3 is 17.5 Å². The number of benzene rings is 1. The van der Waals surface area contributed by atoms with Gasteiger partial charge in [-0.1, -0.05) is 12.1 Å². The molecule has 0 radical (unpaired) electrons. The van der Waals surface area contributed by atoms with Gasteiger partial charge in [-0.2, -0.15) is 4.98 Å². The maximum Gasteiger partial charge on any atom is 0.373 e. The van der Waals surface area contributed by atoms with Gasteiger partial charge in [0.15, 0.2) is 0 Å². The number of rotatable bonds is 8. The minimum absolute atomic E-state index is 0.104. The molecule has 1 saturated heterocycles. The molecule has 0 saturated carbocycles. The fourth-order valence-corrected chi connectivity index (χ4v) is 3.31. The zero-order valence-corrected chi connectivity index (χ0v) is 16.5. The summed E-state index contributed by atoms with van der Waals surface area (Å²) >= 11 is 0. The third-order valence-corrected chi connectivity index (χ3v) is 5.00. The van der Waals surface area contributed by atoms with Gasteiger partial charge in [-0.3, -0.25) is 14.9 Å². The molecule has 10 heteroatoms. The van der Waals surface area contributed by atoms with Gasteiger partial charge in [0.2, 0.25) is 5.82 Å². The lowest BCUT2D eigenvalue weighted by Crippen LogP contribution is -2.37. The minimum Gasteiger partial charge on any atom is -0.481 e. The van der Waals surface area contributed by atoms with Crippen LogP contribution in [0.25, 0.3) is 0 Å². The van der Waals surface area contributed by atoms with E-state index in [1.54, 1.807) is 29.2 Å². The number of carbonyl (C=O) groups is 2. The Kier molecular flexibility index (Phi) is 6.55. The summed E-state index contributed by atoms with van der Waals surface area (Å²) < 4.78 is 5.66. The molecule has 1 aliphatic rings. The molecule has 1 aromatic heterocycles. The molecule has 158 valence electrons. The van der Waals surface area contributed by atoms with E-state index in [4.69, 9.17) is 9.84 Å². The van der Waals surface area contributed by atoms with Crippen molar-refractivity contribution in [3.05, 3.63) is 46.3 Å². The lowest BCUT2D eigenvalue weighted by molar-refractivity contribution is -0.385. The van der Waals surface area contributed by atoms with Gasteiger partial charge in [0, 0.05) is 19.5 Å². The summed E-state index contributed by atoms with van der Waals surface area (Å²) in [4.78, 5) is 43.1. The second-order valence-electron chi connectivity index (χ2n) is 7.16. The molecule has 0 atom stereocenters. The van der Waals surface area contributed by atoms with E-state index >= 15 is 0 Å². The van der Waals surface area contributed by atoms with Gasteiger partial charge < -0.3 is 19.5 Å². The molecule has 1 fully saturated rings. The number of hydrogen-bond acceptors (Lipinski definition) is 8. The summed E-state index contributed by atoms with van der Waals surface area (Å²) in [7, 11) is 0. The number of carboxylic acids is 1. The Hall–Kier alpha value is -3.56. The summed E-state index contributed by atoms with van der Waals surface area (Å²) in [6.07, 6.45) is 3.02.